The second-order valence-electron chi connectivity index (χ2n) is 6.47. The van der Waals surface area contributed by atoms with Gasteiger partial charge in [-0.25, -0.2) is 19.1 Å². The van der Waals surface area contributed by atoms with Crippen LogP contribution >= 0.6 is 34.7 Å². The SMILES string of the molecule is C[n+]1c(C(=O)O)c(-c2cccc(C(F)(F)F)c2)c(=O)n2c1SC[C@@H]2c1cnc(Cl)s1. The Labute approximate surface area is 180 Å². The molecule has 0 saturated carbocycles. The highest BCUT2D eigenvalue weighted by Crippen LogP contribution is 2.38. The normalized spacial score (nSPS) is 16.0. The second kappa shape index (κ2) is 7.40. The minimum absolute atomic E-state index is 0.115. The van der Waals surface area contributed by atoms with Crippen molar-refractivity contribution >= 4 is 40.7 Å². The van der Waals surface area contributed by atoms with E-state index in [0.717, 1.165) is 18.2 Å². The predicted molar refractivity (Wildman–Crippen MR) is 105 cm³/mol. The van der Waals surface area contributed by atoms with Crippen molar-refractivity contribution in [3.8, 4) is 11.1 Å². The molecule has 0 unspecified atom stereocenters. The van der Waals surface area contributed by atoms with Crippen LogP contribution in [0, 0.1) is 0 Å². The first-order chi connectivity index (χ1) is 14.1. The summed E-state index contributed by atoms with van der Waals surface area (Å²) < 4.78 is 42.6. The molecule has 2 aromatic heterocycles. The van der Waals surface area contributed by atoms with Gasteiger partial charge in [0.05, 0.1) is 23.2 Å². The Hall–Kier alpha value is -2.37. The standard InChI is InChI=1S/C18H11ClF3N3O3S2/c1-24-13(15(27)28)12(8-3-2-4-9(5-8)18(20,21)22)14(26)25-10(7-29-17(24)25)11-6-23-16(19)30-11/h2-6,10H,7H2,1H3/p+1/t10-/m1/s1. The van der Waals surface area contributed by atoms with Crippen LogP contribution in [-0.4, -0.2) is 26.4 Å². The largest absolute Gasteiger partial charge is 0.475 e. The number of nitrogens with zero attached hydrogens (tertiary/aromatic N) is 3. The maximum atomic E-state index is 13.4. The van der Waals surface area contributed by atoms with Crippen molar-refractivity contribution in [1.29, 1.82) is 0 Å². The number of benzene rings is 1. The summed E-state index contributed by atoms with van der Waals surface area (Å²) in [6.45, 7) is 0. The van der Waals surface area contributed by atoms with Gasteiger partial charge in [-0.1, -0.05) is 23.7 Å². The number of thioether (sulfide) groups is 1. The van der Waals surface area contributed by atoms with E-state index < -0.39 is 29.3 Å². The maximum Gasteiger partial charge on any atom is 0.416 e. The number of fused-ring (bicyclic) bond motifs is 1. The van der Waals surface area contributed by atoms with E-state index in [2.05, 4.69) is 4.98 Å². The van der Waals surface area contributed by atoms with E-state index in [9.17, 15) is 27.9 Å². The first kappa shape index (κ1) is 20.9. The van der Waals surface area contributed by atoms with Crippen molar-refractivity contribution in [3.05, 3.63) is 61.4 Å². The Balaban J connectivity index is 2.02. The maximum absolute atomic E-state index is 13.4. The fourth-order valence-corrected chi connectivity index (χ4v) is 5.81. The molecule has 1 aromatic carbocycles. The Bertz CT molecular complexity index is 1240. The highest BCUT2D eigenvalue weighted by atomic mass is 35.5. The van der Waals surface area contributed by atoms with Crippen molar-refractivity contribution in [1.82, 2.24) is 9.55 Å². The lowest BCUT2D eigenvalue weighted by atomic mass is 10.0. The molecule has 4 rings (SSSR count). The summed E-state index contributed by atoms with van der Waals surface area (Å²) in [5.41, 5.74) is -2.44. The summed E-state index contributed by atoms with van der Waals surface area (Å²) in [5, 5.41) is 10.1. The molecule has 1 aliphatic heterocycles. The van der Waals surface area contributed by atoms with Gasteiger partial charge in [0.2, 0.25) is 5.69 Å². The predicted octanol–water partition coefficient (Wildman–Crippen LogP) is 3.86. The average Bonchev–Trinajstić information content (AvgIpc) is 3.30. The average molecular weight is 475 g/mol. The highest BCUT2D eigenvalue weighted by molar-refractivity contribution is 7.99. The number of carbonyl (C=O) groups is 1. The lowest BCUT2D eigenvalue weighted by molar-refractivity contribution is -0.717. The molecule has 0 bridgehead atoms. The van der Waals surface area contributed by atoms with Gasteiger partial charge in [-0.2, -0.15) is 17.7 Å². The van der Waals surface area contributed by atoms with Gasteiger partial charge in [-0.05, 0) is 29.5 Å². The number of rotatable bonds is 3. The molecule has 0 aliphatic carbocycles. The summed E-state index contributed by atoms with van der Waals surface area (Å²) in [4.78, 5) is 30.1. The molecule has 1 aliphatic rings. The Morgan fingerprint density at radius 3 is 2.73 bits per heavy atom. The molecule has 0 saturated heterocycles. The Morgan fingerprint density at radius 1 is 1.40 bits per heavy atom. The van der Waals surface area contributed by atoms with E-state index in [4.69, 9.17) is 11.6 Å². The third-order valence-corrected chi connectivity index (χ3v) is 7.11. The van der Waals surface area contributed by atoms with Crippen LogP contribution in [-0.2, 0) is 13.2 Å². The Kier molecular flexibility index (Phi) is 5.15. The van der Waals surface area contributed by atoms with E-state index in [0.29, 0.717) is 20.3 Å². The lowest BCUT2D eigenvalue weighted by Crippen LogP contribution is -2.46. The van der Waals surface area contributed by atoms with Gasteiger partial charge >= 0.3 is 22.9 Å². The van der Waals surface area contributed by atoms with Crippen LogP contribution in [0.2, 0.25) is 4.47 Å². The zero-order chi connectivity index (χ0) is 21.8. The first-order valence-corrected chi connectivity index (χ1v) is 10.6. The molecule has 156 valence electrons. The molecular weight excluding hydrogens is 463 g/mol. The van der Waals surface area contributed by atoms with Crippen molar-refractivity contribution in [2.24, 2.45) is 7.05 Å². The molecule has 0 spiro atoms. The van der Waals surface area contributed by atoms with Crippen molar-refractivity contribution in [3.63, 3.8) is 0 Å². The zero-order valence-corrected chi connectivity index (χ0v) is 17.5. The summed E-state index contributed by atoms with van der Waals surface area (Å²) in [6, 6.07) is 3.65. The highest BCUT2D eigenvalue weighted by Gasteiger charge is 2.41. The Morgan fingerprint density at radius 2 is 2.13 bits per heavy atom. The quantitative estimate of drug-likeness (QED) is 0.461. The number of carboxylic acid groups (broad SMARTS) is 1. The number of hydrogen-bond donors (Lipinski definition) is 1. The lowest BCUT2D eigenvalue weighted by Gasteiger charge is -2.13. The molecule has 30 heavy (non-hydrogen) atoms. The molecule has 3 aromatic rings. The first-order valence-electron chi connectivity index (χ1n) is 8.43. The number of alkyl halides is 3. The van der Waals surface area contributed by atoms with Crippen molar-refractivity contribution in [2.75, 3.05) is 5.75 Å². The van der Waals surface area contributed by atoms with Crippen LogP contribution < -0.4 is 10.1 Å². The van der Waals surface area contributed by atoms with Gasteiger partial charge in [0.1, 0.15) is 5.56 Å². The van der Waals surface area contributed by atoms with Gasteiger partial charge in [0.25, 0.3) is 0 Å². The van der Waals surface area contributed by atoms with Crippen molar-refractivity contribution < 1.29 is 27.6 Å². The van der Waals surface area contributed by atoms with Gasteiger partial charge in [-0.15, -0.1) is 11.3 Å². The number of halogens is 4. The van der Waals surface area contributed by atoms with Crippen LogP contribution in [0.4, 0.5) is 13.2 Å². The van der Waals surface area contributed by atoms with E-state index in [1.165, 1.54) is 51.5 Å². The van der Waals surface area contributed by atoms with E-state index in [1.54, 1.807) is 0 Å². The van der Waals surface area contributed by atoms with Crippen molar-refractivity contribution in [2.45, 2.75) is 17.4 Å². The molecule has 1 N–H and O–H groups in total. The number of aromatic carboxylic acids is 1. The number of aromatic nitrogens is 3. The topological polar surface area (TPSA) is 76.1 Å². The van der Waals surface area contributed by atoms with E-state index >= 15 is 0 Å². The van der Waals surface area contributed by atoms with Crippen LogP contribution in [0.15, 0.2) is 40.4 Å². The molecule has 1 atom stereocenters. The van der Waals surface area contributed by atoms with Gasteiger partial charge in [0.15, 0.2) is 10.5 Å². The summed E-state index contributed by atoms with van der Waals surface area (Å²) >= 11 is 8.39. The number of carboxylic acids is 1. The van der Waals surface area contributed by atoms with Gasteiger partial charge in [-0.3, -0.25) is 0 Å². The van der Waals surface area contributed by atoms with Crippen LogP contribution in [0.25, 0.3) is 11.1 Å². The van der Waals surface area contributed by atoms with Crippen LogP contribution in [0.1, 0.15) is 27.0 Å². The number of hydrogen-bond acceptors (Lipinski definition) is 5. The van der Waals surface area contributed by atoms with Gasteiger partial charge in [0, 0.05) is 6.20 Å². The zero-order valence-electron chi connectivity index (χ0n) is 15.1. The molecule has 12 heteroatoms. The summed E-state index contributed by atoms with van der Waals surface area (Å²) in [5.74, 6) is -0.970. The fraction of sp³-hybridized carbons (Fsp3) is 0.222. The van der Waals surface area contributed by atoms with Crippen LogP contribution in [0.3, 0.4) is 0 Å². The molecule has 0 amide bonds. The third kappa shape index (κ3) is 3.40. The fourth-order valence-electron chi connectivity index (χ4n) is 3.39. The smallest absolute Gasteiger partial charge is 0.416 e. The summed E-state index contributed by atoms with van der Waals surface area (Å²) in [7, 11) is 1.47. The minimum Gasteiger partial charge on any atom is -0.475 e. The molecule has 0 fully saturated rings. The van der Waals surface area contributed by atoms with E-state index in [1.807, 2.05) is 0 Å². The molecular formula is C18H12ClF3N3O3S2+. The van der Waals surface area contributed by atoms with Crippen LogP contribution in [0.5, 0.6) is 0 Å². The monoisotopic (exact) mass is 474 g/mol. The molecule has 3 heterocycles. The molecule has 0 radical (unpaired) electrons. The number of thiazole rings is 1. The second-order valence-corrected chi connectivity index (χ2v) is 9.10. The summed E-state index contributed by atoms with van der Waals surface area (Å²) in [6.07, 6.45) is -3.10. The van der Waals surface area contributed by atoms with E-state index in [-0.39, 0.29) is 16.8 Å². The van der Waals surface area contributed by atoms with Gasteiger partial charge < -0.3 is 5.11 Å². The minimum atomic E-state index is -4.63. The third-order valence-electron chi connectivity index (χ3n) is 4.68. The molecule has 6 nitrogen and oxygen atoms in total.